The van der Waals surface area contributed by atoms with Crippen molar-refractivity contribution in [2.45, 2.75) is 6.42 Å². The molecule has 88 valence electrons. The van der Waals surface area contributed by atoms with Gasteiger partial charge in [-0.1, -0.05) is 6.07 Å². The molecule has 2 heterocycles. The largest absolute Gasteiger partial charge is 0.353 e. The fraction of sp³-hybridized carbons (Fsp3) is 0.417. The molecule has 5 heteroatoms. The zero-order chi connectivity index (χ0) is 12.1. The number of carbonyl (C=O) groups is 1. The van der Waals surface area contributed by atoms with Crippen molar-refractivity contribution >= 4 is 11.7 Å². The summed E-state index contributed by atoms with van der Waals surface area (Å²) in [4.78, 5) is 19.7. The Kier molecular flexibility index (Phi) is 3.55. The summed E-state index contributed by atoms with van der Waals surface area (Å²) in [6, 6.07) is 7.69. The molecule has 1 amide bonds. The Bertz CT molecular complexity index is 418. The van der Waals surface area contributed by atoms with Crippen LogP contribution in [0.15, 0.2) is 24.4 Å². The maximum atomic E-state index is 11.5. The van der Waals surface area contributed by atoms with Crippen LogP contribution in [0, 0.1) is 11.3 Å². The number of rotatable bonds is 2. The first-order valence-electron chi connectivity index (χ1n) is 5.62. The van der Waals surface area contributed by atoms with E-state index in [9.17, 15) is 4.79 Å². The first kappa shape index (κ1) is 11.4. The van der Waals surface area contributed by atoms with E-state index in [1.165, 1.54) is 0 Å². The lowest BCUT2D eigenvalue weighted by Gasteiger charge is -2.35. The zero-order valence-electron chi connectivity index (χ0n) is 9.54. The summed E-state index contributed by atoms with van der Waals surface area (Å²) < 4.78 is 0. The van der Waals surface area contributed by atoms with Crippen LogP contribution in [0.25, 0.3) is 0 Å². The summed E-state index contributed by atoms with van der Waals surface area (Å²) in [5, 5.41) is 8.48. The van der Waals surface area contributed by atoms with E-state index in [-0.39, 0.29) is 12.3 Å². The summed E-state index contributed by atoms with van der Waals surface area (Å²) >= 11 is 0. The van der Waals surface area contributed by atoms with Crippen molar-refractivity contribution in [1.82, 2.24) is 9.88 Å². The second-order valence-electron chi connectivity index (χ2n) is 3.89. The van der Waals surface area contributed by atoms with Gasteiger partial charge < -0.3 is 9.80 Å². The number of carbonyl (C=O) groups excluding carboxylic acids is 1. The molecule has 0 radical (unpaired) electrons. The van der Waals surface area contributed by atoms with Gasteiger partial charge in [0.05, 0.1) is 6.07 Å². The molecule has 0 aromatic carbocycles. The quantitative estimate of drug-likeness (QED) is 0.748. The number of amides is 1. The van der Waals surface area contributed by atoms with E-state index in [1.807, 2.05) is 24.3 Å². The lowest BCUT2D eigenvalue weighted by Crippen LogP contribution is -2.48. The number of nitriles is 1. The number of piperazine rings is 1. The summed E-state index contributed by atoms with van der Waals surface area (Å²) in [5.41, 5.74) is 0. The summed E-state index contributed by atoms with van der Waals surface area (Å²) in [7, 11) is 0. The number of anilines is 1. The smallest absolute Gasteiger partial charge is 0.236 e. The number of hydrogen-bond donors (Lipinski definition) is 0. The van der Waals surface area contributed by atoms with Crippen LogP contribution in [-0.2, 0) is 4.79 Å². The predicted octanol–water partition coefficient (Wildman–Crippen LogP) is 0.644. The van der Waals surface area contributed by atoms with E-state index in [1.54, 1.807) is 11.1 Å². The van der Waals surface area contributed by atoms with E-state index in [0.717, 1.165) is 18.9 Å². The van der Waals surface area contributed by atoms with Crippen molar-refractivity contribution in [2.75, 3.05) is 31.1 Å². The van der Waals surface area contributed by atoms with Gasteiger partial charge in [0.2, 0.25) is 5.91 Å². The van der Waals surface area contributed by atoms with Gasteiger partial charge in [-0.2, -0.15) is 5.26 Å². The van der Waals surface area contributed by atoms with E-state index >= 15 is 0 Å². The van der Waals surface area contributed by atoms with Crippen molar-refractivity contribution in [3.63, 3.8) is 0 Å². The molecule has 1 fully saturated rings. The van der Waals surface area contributed by atoms with Crippen molar-refractivity contribution < 1.29 is 4.79 Å². The van der Waals surface area contributed by atoms with Crippen LogP contribution >= 0.6 is 0 Å². The molecule has 0 bridgehead atoms. The molecule has 0 N–H and O–H groups in total. The van der Waals surface area contributed by atoms with Crippen LogP contribution in [0.4, 0.5) is 5.82 Å². The van der Waals surface area contributed by atoms with E-state index in [2.05, 4.69) is 9.88 Å². The highest BCUT2D eigenvalue weighted by Gasteiger charge is 2.21. The first-order valence-corrected chi connectivity index (χ1v) is 5.62. The number of nitrogens with zero attached hydrogens (tertiary/aromatic N) is 4. The molecule has 1 saturated heterocycles. The summed E-state index contributed by atoms with van der Waals surface area (Å²) in [5.74, 6) is 0.869. The highest BCUT2D eigenvalue weighted by atomic mass is 16.2. The molecule has 0 saturated carbocycles. The van der Waals surface area contributed by atoms with Crippen LogP contribution in [-0.4, -0.2) is 42.0 Å². The Hall–Kier alpha value is -2.09. The molecule has 5 nitrogen and oxygen atoms in total. The van der Waals surface area contributed by atoms with Gasteiger partial charge in [-0.25, -0.2) is 4.98 Å². The molecular formula is C12H14N4O. The monoisotopic (exact) mass is 230 g/mol. The van der Waals surface area contributed by atoms with Gasteiger partial charge in [0, 0.05) is 32.4 Å². The molecule has 1 aromatic rings. The Morgan fingerprint density at radius 3 is 2.71 bits per heavy atom. The van der Waals surface area contributed by atoms with Crippen LogP contribution in [0.1, 0.15) is 6.42 Å². The highest BCUT2D eigenvalue weighted by Crippen LogP contribution is 2.12. The molecule has 17 heavy (non-hydrogen) atoms. The fourth-order valence-corrected chi connectivity index (χ4v) is 1.91. The molecule has 1 aliphatic rings. The molecule has 0 unspecified atom stereocenters. The fourth-order valence-electron chi connectivity index (χ4n) is 1.91. The average Bonchev–Trinajstić information content (AvgIpc) is 2.40. The third-order valence-corrected chi connectivity index (χ3v) is 2.84. The third-order valence-electron chi connectivity index (χ3n) is 2.84. The number of aromatic nitrogens is 1. The van der Waals surface area contributed by atoms with Crippen LogP contribution in [0.2, 0.25) is 0 Å². The molecule has 1 aromatic heterocycles. The van der Waals surface area contributed by atoms with Gasteiger partial charge in [-0.15, -0.1) is 0 Å². The van der Waals surface area contributed by atoms with Crippen molar-refractivity contribution in [1.29, 1.82) is 5.26 Å². The normalized spacial score (nSPS) is 15.5. The van der Waals surface area contributed by atoms with Gasteiger partial charge in [0.25, 0.3) is 0 Å². The lowest BCUT2D eigenvalue weighted by atomic mass is 10.3. The van der Waals surface area contributed by atoms with Gasteiger partial charge in [0.1, 0.15) is 12.2 Å². The molecule has 1 aliphatic heterocycles. The van der Waals surface area contributed by atoms with Gasteiger partial charge in [-0.3, -0.25) is 4.79 Å². The minimum atomic E-state index is -0.0758. The number of pyridine rings is 1. The van der Waals surface area contributed by atoms with E-state index < -0.39 is 0 Å². The predicted molar refractivity (Wildman–Crippen MR) is 63.3 cm³/mol. The van der Waals surface area contributed by atoms with E-state index in [0.29, 0.717) is 13.1 Å². The SMILES string of the molecule is N#CCC(=O)N1CCN(c2ccccn2)CC1. The second-order valence-corrected chi connectivity index (χ2v) is 3.89. The summed E-state index contributed by atoms with van der Waals surface area (Å²) in [6.45, 7) is 2.87. The highest BCUT2D eigenvalue weighted by molar-refractivity contribution is 5.78. The topological polar surface area (TPSA) is 60.2 Å². The Morgan fingerprint density at radius 2 is 2.12 bits per heavy atom. The van der Waals surface area contributed by atoms with Crippen LogP contribution in [0.3, 0.4) is 0 Å². The number of hydrogen-bond acceptors (Lipinski definition) is 4. The summed E-state index contributed by atoms with van der Waals surface area (Å²) in [6.07, 6.45) is 1.74. The maximum absolute atomic E-state index is 11.5. The van der Waals surface area contributed by atoms with Gasteiger partial charge in [0.15, 0.2) is 0 Å². The molecule has 2 rings (SSSR count). The van der Waals surface area contributed by atoms with Crippen molar-refractivity contribution in [3.05, 3.63) is 24.4 Å². The van der Waals surface area contributed by atoms with E-state index in [4.69, 9.17) is 5.26 Å². The molecule has 0 aliphatic carbocycles. The lowest BCUT2D eigenvalue weighted by molar-refractivity contribution is -0.130. The standard InChI is InChI=1S/C12H14N4O/c13-5-4-12(17)16-9-7-15(8-10-16)11-3-1-2-6-14-11/h1-3,6H,4,7-10H2. The third kappa shape index (κ3) is 2.72. The van der Waals surface area contributed by atoms with Crippen LogP contribution in [0.5, 0.6) is 0 Å². The minimum Gasteiger partial charge on any atom is -0.353 e. The average molecular weight is 230 g/mol. The molecule has 0 atom stereocenters. The van der Waals surface area contributed by atoms with Gasteiger partial charge >= 0.3 is 0 Å². The molecular weight excluding hydrogens is 216 g/mol. The van der Waals surface area contributed by atoms with Crippen LogP contribution < -0.4 is 4.90 Å². The maximum Gasteiger partial charge on any atom is 0.236 e. The Morgan fingerprint density at radius 1 is 1.35 bits per heavy atom. The minimum absolute atomic E-state index is 0.0242. The second kappa shape index (κ2) is 5.30. The van der Waals surface area contributed by atoms with Crippen molar-refractivity contribution in [2.24, 2.45) is 0 Å². The Balaban J connectivity index is 1.91. The Labute approximate surface area is 100 Å². The van der Waals surface area contributed by atoms with Gasteiger partial charge in [-0.05, 0) is 12.1 Å². The molecule has 0 spiro atoms. The zero-order valence-corrected chi connectivity index (χ0v) is 9.54. The van der Waals surface area contributed by atoms with Crippen molar-refractivity contribution in [3.8, 4) is 6.07 Å². The first-order chi connectivity index (χ1) is 8.31.